The van der Waals surface area contributed by atoms with E-state index in [0.717, 1.165) is 6.42 Å². The molecule has 106 valence electrons. The largest absolute Gasteiger partial charge is 0.345 e. The van der Waals surface area contributed by atoms with Crippen molar-refractivity contribution in [2.75, 3.05) is 13.1 Å². The lowest BCUT2D eigenvalue weighted by atomic mass is 9.49. The van der Waals surface area contributed by atoms with E-state index >= 15 is 0 Å². The monoisotopic (exact) mass is 270 g/mol. The maximum absolute atomic E-state index is 11.8. The van der Waals surface area contributed by atoms with Crippen LogP contribution in [0.5, 0.6) is 0 Å². The molecule has 1 aromatic carbocycles. The van der Waals surface area contributed by atoms with Crippen molar-refractivity contribution in [1.82, 2.24) is 10.2 Å². The first kappa shape index (κ1) is 12.4. The molecule has 1 aromatic rings. The molecule has 1 amide bonds. The van der Waals surface area contributed by atoms with Crippen LogP contribution in [0.3, 0.4) is 0 Å². The lowest BCUT2D eigenvalue weighted by Crippen LogP contribution is -2.76. The predicted octanol–water partition coefficient (Wildman–Crippen LogP) is 2.51. The van der Waals surface area contributed by atoms with Crippen LogP contribution in [0.1, 0.15) is 50.2 Å². The molecule has 0 bridgehead atoms. The van der Waals surface area contributed by atoms with Crippen LogP contribution < -0.4 is 5.32 Å². The second kappa shape index (κ2) is 4.08. The summed E-state index contributed by atoms with van der Waals surface area (Å²) in [6.07, 6.45) is 6.01. The Labute approximate surface area is 120 Å². The Balaban J connectivity index is 1.91. The van der Waals surface area contributed by atoms with Crippen molar-refractivity contribution in [2.45, 2.75) is 50.1 Å². The molecule has 0 radical (unpaired) electrons. The average molecular weight is 270 g/mol. The second-order valence-corrected chi connectivity index (χ2v) is 6.54. The highest BCUT2D eigenvalue weighted by molar-refractivity contribution is 5.76. The number of piperidine rings is 2. The average Bonchev–Trinajstić information content (AvgIpc) is 2.46. The van der Waals surface area contributed by atoms with Crippen LogP contribution in [0.25, 0.3) is 0 Å². The first-order valence-electron chi connectivity index (χ1n) is 7.84. The van der Waals surface area contributed by atoms with Gasteiger partial charge >= 0.3 is 0 Å². The molecule has 1 spiro atoms. The first-order valence-corrected chi connectivity index (χ1v) is 7.84. The van der Waals surface area contributed by atoms with E-state index in [-0.39, 0.29) is 17.0 Å². The molecule has 20 heavy (non-hydrogen) atoms. The van der Waals surface area contributed by atoms with Gasteiger partial charge in [0.05, 0.1) is 11.1 Å². The van der Waals surface area contributed by atoms with Crippen molar-refractivity contribution < 1.29 is 4.79 Å². The van der Waals surface area contributed by atoms with Gasteiger partial charge in [-0.05, 0) is 56.3 Å². The predicted molar refractivity (Wildman–Crippen MR) is 78.3 cm³/mol. The fraction of sp³-hybridized carbons (Fsp3) is 0.588. The summed E-state index contributed by atoms with van der Waals surface area (Å²) >= 11 is 0. The molecule has 2 saturated heterocycles. The van der Waals surface area contributed by atoms with Crippen molar-refractivity contribution >= 4 is 5.91 Å². The Kier molecular flexibility index (Phi) is 2.53. The third kappa shape index (κ3) is 1.27. The van der Waals surface area contributed by atoms with Crippen LogP contribution in [0, 0.1) is 0 Å². The molecule has 3 aliphatic rings. The number of nitrogens with zero attached hydrogens (tertiary/aromatic N) is 1. The minimum Gasteiger partial charge on any atom is -0.345 e. The summed E-state index contributed by atoms with van der Waals surface area (Å²) in [4.78, 5) is 14.5. The number of carbonyl (C=O) groups excluding carboxylic acids is 1. The summed E-state index contributed by atoms with van der Waals surface area (Å²) in [5.74, 6) is 0.103. The van der Waals surface area contributed by atoms with Crippen LogP contribution in [-0.2, 0) is 15.9 Å². The zero-order valence-corrected chi connectivity index (χ0v) is 12.1. The summed E-state index contributed by atoms with van der Waals surface area (Å²) in [5.41, 5.74) is 2.77. The maximum Gasteiger partial charge on any atom is 0.217 e. The van der Waals surface area contributed by atoms with Gasteiger partial charge in [0.1, 0.15) is 0 Å². The van der Waals surface area contributed by atoms with E-state index in [2.05, 4.69) is 34.5 Å². The number of carbonyl (C=O) groups is 1. The quantitative estimate of drug-likeness (QED) is 0.850. The van der Waals surface area contributed by atoms with Gasteiger partial charge < -0.3 is 5.32 Å². The van der Waals surface area contributed by atoms with Gasteiger partial charge in [-0.3, -0.25) is 9.69 Å². The Morgan fingerprint density at radius 3 is 2.65 bits per heavy atom. The highest BCUT2D eigenvalue weighted by atomic mass is 16.1. The second-order valence-electron chi connectivity index (χ2n) is 6.54. The van der Waals surface area contributed by atoms with Gasteiger partial charge in [0, 0.05) is 6.92 Å². The van der Waals surface area contributed by atoms with Gasteiger partial charge in [-0.15, -0.1) is 0 Å². The molecule has 4 rings (SSSR count). The molecule has 3 nitrogen and oxygen atoms in total. The van der Waals surface area contributed by atoms with Crippen molar-refractivity contribution in [3.05, 3.63) is 35.4 Å². The molecule has 1 N–H and O–H groups in total. The number of hydrogen-bond acceptors (Lipinski definition) is 2. The van der Waals surface area contributed by atoms with E-state index in [1.807, 2.05) is 0 Å². The normalized spacial score (nSPS) is 35.2. The van der Waals surface area contributed by atoms with E-state index in [1.165, 1.54) is 49.9 Å². The van der Waals surface area contributed by atoms with E-state index < -0.39 is 0 Å². The van der Waals surface area contributed by atoms with Gasteiger partial charge in [-0.1, -0.05) is 24.3 Å². The topological polar surface area (TPSA) is 32.3 Å². The molecule has 1 aliphatic carbocycles. The Hall–Kier alpha value is -1.35. The fourth-order valence-corrected chi connectivity index (χ4v) is 5.14. The highest BCUT2D eigenvalue weighted by Crippen LogP contribution is 2.63. The molecule has 2 fully saturated rings. The maximum atomic E-state index is 11.8. The smallest absolute Gasteiger partial charge is 0.217 e. The minimum atomic E-state index is -0.131. The van der Waals surface area contributed by atoms with Crippen molar-refractivity contribution in [3.8, 4) is 0 Å². The molecule has 0 saturated carbocycles. The summed E-state index contributed by atoms with van der Waals surface area (Å²) in [5, 5.41) is 3.36. The van der Waals surface area contributed by atoms with E-state index in [9.17, 15) is 4.79 Å². The van der Waals surface area contributed by atoms with Gasteiger partial charge in [0.25, 0.3) is 0 Å². The molecular weight excluding hydrogens is 248 g/mol. The summed E-state index contributed by atoms with van der Waals surface area (Å²) in [7, 11) is 0. The molecule has 2 aliphatic heterocycles. The number of benzene rings is 1. The fourth-order valence-electron chi connectivity index (χ4n) is 5.14. The third-order valence-corrected chi connectivity index (χ3v) is 5.66. The van der Waals surface area contributed by atoms with Crippen LogP contribution in [0.2, 0.25) is 0 Å². The van der Waals surface area contributed by atoms with Crippen molar-refractivity contribution in [3.63, 3.8) is 0 Å². The van der Waals surface area contributed by atoms with Gasteiger partial charge in [-0.25, -0.2) is 0 Å². The molecule has 3 heteroatoms. The molecule has 2 unspecified atom stereocenters. The van der Waals surface area contributed by atoms with E-state index in [0.29, 0.717) is 0 Å². The number of hydrogen-bond donors (Lipinski definition) is 1. The summed E-state index contributed by atoms with van der Waals surface area (Å²) < 4.78 is 0. The zero-order chi connectivity index (χ0) is 13.8. The highest BCUT2D eigenvalue weighted by Gasteiger charge is 2.67. The molecular formula is C17H22N2O. The van der Waals surface area contributed by atoms with E-state index in [1.54, 1.807) is 6.92 Å². The molecule has 2 heterocycles. The zero-order valence-electron chi connectivity index (χ0n) is 12.1. The van der Waals surface area contributed by atoms with Gasteiger partial charge in [0.2, 0.25) is 5.91 Å². The summed E-state index contributed by atoms with van der Waals surface area (Å²) in [6, 6.07) is 8.75. The van der Waals surface area contributed by atoms with E-state index in [4.69, 9.17) is 0 Å². The van der Waals surface area contributed by atoms with Crippen molar-refractivity contribution in [1.29, 1.82) is 0 Å². The van der Waals surface area contributed by atoms with Crippen molar-refractivity contribution in [2.24, 2.45) is 0 Å². The SMILES string of the molecule is CC(=O)NC12CCCN3CCCCC31c1ccccc12. The van der Waals surface area contributed by atoms with Crippen LogP contribution in [-0.4, -0.2) is 23.9 Å². The van der Waals surface area contributed by atoms with Crippen LogP contribution in [0.4, 0.5) is 0 Å². The number of nitrogens with one attached hydrogen (secondary N) is 1. The summed E-state index contributed by atoms with van der Waals surface area (Å²) in [6.45, 7) is 4.01. The van der Waals surface area contributed by atoms with Gasteiger partial charge in [-0.2, -0.15) is 0 Å². The molecule has 0 aromatic heterocycles. The van der Waals surface area contributed by atoms with Gasteiger partial charge in [0.15, 0.2) is 0 Å². The Bertz CT molecular complexity index is 568. The number of fused-ring (bicyclic) bond motifs is 2. The van der Waals surface area contributed by atoms with Crippen LogP contribution >= 0.6 is 0 Å². The Morgan fingerprint density at radius 2 is 1.85 bits per heavy atom. The lowest BCUT2D eigenvalue weighted by Gasteiger charge is -2.68. The number of amides is 1. The molecule has 2 atom stereocenters. The lowest BCUT2D eigenvalue weighted by molar-refractivity contribution is -0.137. The Morgan fingerprint density at radius 1 is 1.10 bits per heavy atom. The minimum absolute atomic E-state index is 0.0752. The first-order chi connectivity index (χ1) is 9.71. The van der Waals surface area contributed by atoms with Crippen LogP contribution in [0.15, 0.2) is 24.3 Å². The standard InChI is InChI=1S/C17H22N2O/c1-13(20)18-16-9-6-12-19-11-5-4-10-17(16,19)15-8-3-2-7-14(15)16/h2-3,7-8H,4-6,9-12H2,1H3,(H,18,20). The number of rotatable bonds is 1. The third-order valence-electron chi connectivity index (χ3n) is 5.66.